The number of nitrogens with two attached hydrogens (primary N) is 1. The molecule has 0 unspecified atom stereocenters. The number of nitrogen functional groups attached to an aromatic ring is 1. The van der Waals surface area contributed by atoms with Crippen molar-refractivity contribution >= 4 is 11.7 Å². The molecule has 1 rings (SSSR count). The highest BCUT2D eigenvalue weighted by atomic mass is 19.1. The first kappa shape index (κ1) is 13.4. The summed E-state index contributed by atoms with van der Waals surface area (Å²) in [6.45, 7) is 1.23. The molecule has 0 spiro atoms. The summed E-state index contributed by atoms with van der Waals surface area (Å²) in [6.07, 6.45) is 1.32. The molecule has 6 heteroatoms. The van der Waals surface area contributed by atoms with Crippen LogP contribution in [0.15, 0.2) is 12.3 Å². The number of hydrogen-bond acceptors (Lipinski definition) is 4. The standard InChI is InChI=1S/C11H17FN4O/c1-15(2)6-7-16(3)11(17)8-4-5-14-10(13)9(8)12/h4-5H,6-7H2,1-3H3,(H2,13,14). The third-order valence-electron chi connectivity index (χ3n) is 2.38. The summed E-state index contributed by atoms with van der Waals surface area (Å²) in [5.74, 6) is -1.40. The lowest BCUT2D eigenvalue weighted by molar-refractivity contribution is 0.0781. The summed E-state index contributed by atoms with van der Waals surface area (Å²) >= 11 is 0. The highest BCUT2D eigenvalue weighted by molar-refractivity contribution is 5.94. The van der Waals surface area contributed by atoms with Crippen LogP contribution in [0.3, 0.4) is 0 Å². The Morgan fingerprint density at radius 3 is 2.65 bits per heavy atom. The van der Waals surface area contributed by atoms with Crippen molar-refractivity contribution in [3.63, 3.8) is 0 Å². The van der Waals surface area contributed by atoms with Crippen LogP contribution in [-0.2, 0) is 0 Å². The molecule has 0 aliphatic rings. The fourth-order valence-electron chi connectivity index (χ4n) is 1.28. The minimum Gasteiger partial charge on any atom is -0.381 e. The molecule has 0 aromatic carbocycles. The molecule has 0 fully saturated rings. The van der Waals surface area contributed by atoms with Gasteiger partial charge in [0.25, 0.3) is 5.91 Å². The predicted octanol–water partition coefficient (Wildman–Crippen LogP) is 0.436. The van der Waals surface area contributed by atoms with Crippen LogP contribution in [0.5, 0.6) is 0 Å². The third kappa shape index (κ3) is 3.39. The van der Waals surface area contributed by atoms with E-state index in [0.717, 1.165) is 0 Å². The minimum atomic E-state index is -0.755. The van der Waals surface area contributed by atoms with Gasteiger partial charge in [0.1, 0.15) is 0 Å². The van der Waals surface area contributed by atoms with Crippen LogP contribution in [-0.4, -0.2) is 54.9 Å². The second kappa shape index (κ2) is 5.58. The Balaban J connectivity index is 2.78. The van der Waals surface area contributed by atoms with Crippen LogP contribution in [0.1, 0.15) is 10.4 Å². The largest absolute Gasteiger partial charge is 0.381 e. The van der Waals surface area contributed by atoms with Crippen molar-refractivity contribution in [1.29, 1.82) is 0 Å². The molecule has 1 aromatic rings. The number of pyridine rings is 1. The van der Waals surface area contributed by atoms with Crippen LogP contribution >= 0.6 is 0 Å². The van der Waals surface area contributed by atoms with Gasteiger partial charge in [0, 0.05) is 26.3 Å². The van der Waals surface area contributed by atoms with E-state index in [4.69, 9.17) is 5.73 Å². The zero-order chi connectivity index (χ0) is 13.0. The van der Waals surface area contributed by atoms with Gasteiger partial charge in [0.2, 0.25) is 0 Å². The van der Waals surface area contributed by atoms with Gasteiger partial charge in [0.15, 0.2) is 11.6 Å². The lowest BCUT2D eigenvalue weighted by Crippen LogP contribution is -2.34. The molecule has 0 saturated carbocycles. The van der Waals surface area contributed by atoms with Crippen molar-refractivity contribution in [2.75, 3.05) is 40.0 Å². The van der Waals surface area contributed by atoms with Crippen molar-refractivity contribution in [3.05, 3.63) is 23.6 Å². The smallest absolute Gasteiger partial charge is 0.256 e. The van der Waals surface area contributed by atoms with E-state index in [2.05, 4.69) is 4.98 Å². The summed E-state index contributed by atoms with van der Waals surface area (Å²) in [6, 6.07) is 1.33. The quantitative estimate of drug-likeness (QED) is 0.829. The molecule has 0 aliphatic carbocycles. The van der Waals surface area contributed by atoms with Gasteiger partial charge in [0.05, 0.1) is 5.56 Å². The van der Waals surface area contributed by atoms with Gasteiger partial charge in [-0.3, -0.25) is 4.79 Å². The molecule has 1 amide bonds. The molecule has 17 heavy (non-hydrogen) atoms. The fourth-order valence-corrected chi connectivity index (χ4v) is 1.28. The molecular formula is C11H17FN4O. The highest BCUT2D eigenvalue weighted by Gasteiger charge is 2.18. The van der Waals surface area contributed by atoms with Gasteiger partial charge in [-0.25, -0.2) is 9.37 Å². The Morgan fingerprint density at radius 1 is 1.41 bits per heavy atom. The van der Waals surface area contributed by atoms with E-state index in [-0.39, 0.29) is 11.4 Å². The Kier molecular flexibility index (Phi) is 4.39. The van der Waals surface area contributed by atoms with Gasteiger partial charge in [-0.1, -0.05) is 0 Å². The first-order valence-corrected chi connectivity index (χ1v) is 5.23. The van der Waals surface area contributed by atoms with Gasteiger partial charge in [-0.05, 0) is 20.2 Å². The number of nitrogens with zero attached hydrogens (tertiary/aromatic N) is 3. The van der Waals surface area contributed by atoms with E-state index in [9.17, 15) is 9.18 Å². The van der Waals surface area contributed by atoms with Crippen molar-refractivity contribution in [3.8, 4) is 0 Å². The van der Waals surface area contributed by atoms with Crippen LogP contribution in [0.4, 0.5) is 10.2 Å². The summed E-state index contributed by atoms with van der Waals surface area (Å²) in [5, 5.41) is 0. The average molecular weight is 240 g/mol. The Labute approximate surface area is 100 Å². The molecule has 0 radical (unpaired) electrons. The fraction of sp³-hybridized carbons (Fsp3) is 0.455. The summed E-state index contributed by atoms with van der Waals surface area (Å²) in [4.78, 5) is 18.9. The molecule has 94 valence electrons. The molecule has 1 aromatic heterocycles. The number of carbonyl (C=O) groups excluding carboxylic acids is 1. The topological polar surface area (TPSA) is 62.5 Å². The number of hydrogen-bond donors (Lipinski definition) is 1. The maximum absolute atomic E-state index is 13.6. The lowest BCUT2D eigenvalue weighted by atomic mass is 10.2. The maximum atomic E-state index is 13.6. The maximum Gasteiger partial charge on any atom is 0.256 e. The van der Waals surface area contributed by atoms with Crippen molar-refractivity contribution in [1.82, 2.24) is 14.8 Å². The lowest BCUT2D eigenvalue weighted by Gasteiger charge is -2.20. The summed E-state index contributed by atoms with van der Waals surface area (Å²) in [5.41, 5.74) is 5.27. The molecule has 0 bridgehead atoms. The van der Waals surface area contributed by atoms with Crippen molar-refractivity contribution in [2.45, 2.75) is 0 Å². The monoisotopic (exact) mass is 240 g/mol. The van der Waals surface area contributed by atoms with E-state index >= 15 is 0 Å². The number of amides is 1. The van der Waals surface area contributed by atoms with E-state index in [1.165, 1.54) is 17.2 Å². The zero-order valence-electron chi connectivity index (χ0n) is 10.3. The molecule has 0 aliphatic heterocycles. The third-order valence-corrected chi connectivity index (χ3v) is 2.38. The van der Waals surface area contributed by atoms with Gasteiger partial charge >= 0.3 is 0 Å². The van der Waals surface area contributed by atoms with Gasteiger partial charge < -0.3 is 15.5 Å². The second-order valence-electron chi connectivity index (χ2n) is 4.09. The Morgan fingerprint density at radius 2 is 2.06 bits per heavy atom. The van der Waals surface area contributed by atoms with Crippen LogP contribution in [0.2, 0.25) is 0 Å². The molecular weight excluding hydrogens is 223 g/mol. The zero-order valence-corrected chi connectivity index (χ0v) is 10.3. The van der Waals surface area contributed by atoms with Crippen molar-refractivity contribution < 1.29 is 9.18 Å². The molecule has 0 atom stereocenters. The van der Waals surface area contributed by atoms with Crippen LogP contribution in [0.25, 0.3) is 0 Å². The molecule has 1 heterocycles. The van der Waals surface area contributed by atoms with Gasteiger partial charge in [-0.15, -0.1) is 0 Å². The number of carbonyl (C=O) groups is 1. The van der Waals surface area contributed by atoms with Crippen LogP contribution in [0, 0.1) is 5.82 Å². The number of aromatic nitrogens is 1. The minimum absolute atomic E-state index is 0.0428. The number of halogens is 1. The SMILES string of the molecule is CN(C)CCN(C)C(=O)c1ccnc(N)c1F. The molecule has 5 nitrogen and oxygen atoms in total. The first-order chi connectivity index (χ1) is 7.93. The van der Waals surface area contributed by atoms with E-state index in [0.29, 0.717) is 13.1 Å². The van der Waals surface area contributed by atoms with Gasteiger partial charge in [-0.2, -0.15) is 0 Å². The summed E-state index contributed by atoms with van der Waals surface area (Å²) < 4.78 is 13.6. The average Bonchev–Trinajstić information content (AvgIpc) is 2.28. The predicted molar refractivity (Wildman–Crippen MR) is 64.1 cm³/mol. The second-order valence-corrected chi connectivity index (χ2v) is 4.09. The number of anilines is 1. The molecule has 2 N–H and O–H groups in total. The van der Waals surface area contributed by atoms with E-state index < -0.39 is 11.7 Å². The summed E-state index contributed by atoms with van der Waals surface area (Å²) in [7, 11) is 5.44. The first-order valence-electron chi connectivity index (χ1n) is 5.23. The molecule has 0 saturated heterocycles. The van der Waals surface area contributed by atoms with Crippen molar-refractivity contribution in [2.24, 2.45) is 0 Å². The highest BCUT2D eigenvalue weighted by Crippen LogP contribution is 2.13. The van der Waals surface area contributed by atoms with E-state index in [1.54, 1.807) is 7.05 Å². The van der Waals surface area contributed by atoms with Crippen LogP contribution < -0.4 is 5.73 Å². The normalized spacial score (nSPS) is 10.6. The van der Waals surface area contributed by atoms with E-state index in [1.807, 2.05) is 19.0 Å². The number of likely N-dealkylation sites (N-methyl/N-ethyl adjacent to an activating group) is 2. The Hall–Kier alpha value is -1.69. The number of rotatable bonds is 4. The Bertz CT molecular complexity index is 408.